The number of hydrogen-bond donors (Lipinski definition) is 2. The van der Waals surface area contributed by atoms with E-state index in [1.54, 1.807) is 7.11 Å². The summed E-state index contributed by atoms with van der Waals surface area (Å²) in [5.74, 6) is 1.93. The van der Waals surface area contributed by atoms with Gasteiger partial charge in [-0.05, 0) is 44.0 Å². The molecule has 0 atom stereocenters. The zero-order chi connectivity index (χ0) is 19.5. The molecule has 0 saturated heterocycles. The SMILES string of the molecule is CCN(CC)CCOc1cc(NC(=O)NCC2CCCCC2)ccc1OC. The molecule has 1 fully saturated rings. The summed E-state index contributed by atoms with van der Waals surface area (Å²) < 4.78 is 11.3. The fourth-order valence-electron chi connectivity index (χ4n) is 3.50. The van der Waals surface area contributed by atoms with Crippen LogP contribution in [-0.4, -0.2) is 50.8 Å². The van der Waals surface area contributed by atoms with Gasteiger partial charge >= 0.3 is 6.03 Å². The van der Waals surface area contributed by atoms with Gasteiger partial charge in [0.05, 0.1) is 7.11 Å². The molecule has 1 aromatic carbocycles. The third-order valence-corrected chi connectivity index (χ3v) is 5.26. The highest BCUT2D eigenvalue weighted by molar-refractivity contribution is 5.89. The number of ether oxygens (including phenoxy) is 2. The number of urea groups is 1. The Morgan fingerprint density at radius 3 is 2.56 bits per heavy atom. The number of likely N-dealkylation sites (N-methyl/N-ethyl adjacent to an activating group) is 1. The topological polar surface area (TPSA) is 62.8 Å². The summed E-state index contributed by atoms with van der Waals surface area (Å²) in [6, 6.07) is 5.31. The van der Waals surface area contributed by atoms with Crippen molar-refractivity contribution >= 4 is 11.7 Å². The number of methoxy groups -OCH3 is 1. The van der Waals surface area contributed by atoms with Gasteiger partial charge in [-0.3, -0.25) is 0 Å². The molecule has 0 spiro atoms. The van der Waals surface area contributed by atoms with E-state index in [0.717, 1.165) is 26.2 Å². The Labute approximate surface area is 163 Å². The predicted octanol–water partition coefficient (Wildman–Crippen LogP) is 4.12. The Hall–Kier alpha value is -1.95. The highest BCUT2D eigenvalue weighted by Gasteiger charge is 2.14. The lowest BCUT2D eigenvalue weighted by atomic mass is 9.89. The lowest BCUT2D eigenvalue weighted by Crippen LogP contribution is -2.33. The van der Waals surface area contributed by atoms with Crippen LogP contribution in [0.4, 0.5) is 10.5 Å². The van der Waals surface area contributed by atoms with Gasteiger partial charge in [-0.25, -0.2) is 4.79 Å². The van der Waals surface area contributed by atoms with E-state index in [0.29, 0.717) is 29.7 Å². The molecule has 1 aliphatic carbocycles. The van der Waals surface area contributed by atoms with Gasteiger partial charge in [0.1, 0.15) is 6.61 Å². The summed E-state index contributed by atoms with van der Waals surface area (Å²) in [5.41, 5.74) is 0.704. The van der Waals surface area contributed by atoms with Crippen LogP contribution in [0.1, 0.15) is 46.0 Å². The molecule has 6 nitrogen and oxygen atoms in total. The van der Waals surface area contributed by atoms with Crippen LogP contribution in [0, 0.1) is 5.92 Å². The third kappa shape index (κ3) is 7.29. The van der Waals surface area contributed by atoms with Crippen LogP contribution in [0.25, 0.3) is 0 Å². The maximum atomic E-state index is 12.2. The summed E-state index contributed by atoms with van der Waals surface area (Å²) in [6.07, 6.45) is 6.31. The maximum absolute atomic E-state index is 12.2. The van der Waals surface area contributed by atoms with Gasteiger partial charge in [0.25, 0.3) is 0 Å². The van der Waals surface area contributed by atoms with Gasteiger partial charge < -0.3 is 25.0 Å². The number of nitrogens with zero attached hydrogens (tertiary/aromatic N) is 1. The summed E-state index contributed by atoms with van der Waals surface area (Å²) >= 11 is 0. The molecule has 27 heavy (non-hydrogen) atoms. The second-order valence-electron chi connectivity index (χ2n) is 7.08. The van der Waals surface area contributed by atoms with E-state index >= 15 is 0 Å². The van der Waals surface area contributed by atoms with Crippen molar-refractivity contribution in [2.24, 2.45) is 5.92 Å². The lowest BCUT2D eigenvalue weighted by Gasteiger charge is -2.22. The van der Waals surface area contributed by atoms with E-state index in [1.807, 2.05) is 18.2 Å². The van der Waals surface area contributed by atoms with Crippen molar-refractivity contribution in [3.8, 4) is 11.5 Å². The van der Waals surface area contributed by atoms with Crippen LogP contribution in [0.15, 0.2) is 18.2 Å². The highest BCUT2D eigenvalue weighted by atomic mass is 16.5. The predicted molar refractivity (Wildman–Crippen MR) is 110 cm³/mol. The first-order valence-corrected chi connectivity index (χ1v) is 10.2. The molecular formula is C21H35N3O3. The van der Waals surface area contributed by atoms with E-state index in [9.17, 15) is 4.79 Å². The van der Waals surface area contributed by atoms with Crippen molar-refractivity contribution < 1.29 is 14.3 Å². The summed E-state index contributed by atoms with van der Waals surface area (Å²) in [5, 5.41) is 5.89. The van der Waals surface area contributed by atoms with Crippen LogP contribution in [0.2, 0.25) is 0 Å². The van der Waals surface area contributed by atoms with Gasteiger partial charge in [0.2, 0.25) is 0 Å². The molecule has 1 saturated carbocycles. The molecule has 0 aromatic heterocycles. The third-order valence-electron chi connectivity index (χ3n) is 5.26. The fraction of sp³-hybridized carbons (Fsp3) is 0.667. The summed E-state index contributed by atoms with van der Waals surface area (Å²) in [7, 11) is 1.62. The Bertz CT molecular complexity index is 570. The molecule has 1 aromatic rings. The maximum Gasteiger partial charge on any atom is 0.319 e. The Morgan fingerprint density at radius 1 is 1.15 bits per heavy atom. The van der Waals surface area contributed by atoms with Crippen LogP contribution in [0.5, 0.6) is 11.5 Å². The summed E-state index contributed by atoms with van der Waals surface area (Å²) in [4.78, 5) is 14.5. The number of carbonyl (C=O) groups is 1. The average Bonchev–Trinajstić information content (AvgIpc) is 2.71. The Morgan fingerprint density at radius 2 is 1.89 bits per heavy atom. The largest absolute Gasteiger partial charge is 0.493 e. The number of rotatable bonds is 10. The molecule has 2 N–H and O–H groups in total. The van der Waals surface area contributed by atoms with Crippen molar-refractivity contribution in [3.05, 3.63) is 18.2 Å². The number of hydrogen-bond acceptors (Lipinski definition) is 4. The molecule has 0 radical (unpaired) electrons. The van der Waals surface area contributed by atoms with Gasteiger partial charge in [0, 0.05) is 24.8 Å². The number of benzene rings is 1. The van der Waals surface area contributed by atoms with E-state index in [2.05, 4.69) is 29.4 Å². The molecule has 0 unspecified atom stereocenters. The lowest BCUT2D eigenvalue weighted by molar-refractivity contribution is 0.217. The smallest absolute Gasteiger partial charge is 0.319 e. The van der Waals surface area contributed by atoms with Crippen molar-refractivity contribution in [3.63, 3.8) is 0 Å². The standard InChI is InChI=1S/C21H35N3O3/c1-4-24(5-2)13-14-27-20-15-18(11-12-19(20)26-3)23-21(25)22-16-17-9-7-6-8-10-17/h11-12,15,17H,4-10,13-14,16H2,1-3H3,(H2,22,23,25). The van der Waals surface area contributed by atoms with E-state index < -0.39 is 0 Å². The van der Waals surface area contributed by atoms with E-state index in [1.165, 1.54) is 32.1 Å². The van der Waals surface area contributed by atoms with Crippen LogP contribution < -0.4 is 20.1 Å². The first-order chi connectivity index (χ1) is 13.2. The van der Waals surface area contributed by atoms with Crippen molar-refractivity contribution in [1.29, 1.82) is 0 Å². The molecule has 2 rings (SSSR count). The van der Waals surface area contributed by atoms with Crippen molar-refractivity contribution in [1.82, 2.24) is 10.2 Å². The fourth-order valence-corrected chi connectivity index (χ4v) is 3.50. The van der Waals surface area contributed by atoms with Crippen molar-refractivity contribution in [2.75, 3.05) is 45.2 Å². The first kappa shape index (κ1) is 21.4. The van der Waals surface area contributed by atoms with E-state index in [-0.39, 0.29) is 6.03 Å². The van der Waals surface area contributed by atoms with Gasteiger partial charge in [0.15, 0.2) is 11.5 Å². The molecule has 0 aliphatic heterocycles. The molecule has 6 heteroatoms. The normalized spacial score (nSPS) is 14.8. The highest BCUT2D eigenvalue weighted by Crippen LogP contribution is 2.30. The second-order valence-corrected chi connectivity index (χ2v) is 7.08. The Kier molecular flexibility index (Phi) is 9.25. The molecule has 1 aliphatic rings. The molecule has 0 bridgehead atoms. The van der Waals surface area contributed by atoms with Gasteiger partial charge in [-0.1, -0.05) is 33.1 Å². The average molecular weight is 378 g/mol. The number of carbonyl (C=O) groups excluding carboxylic acids is 1. The van der Waals surface area contributed by atoms with Gasteiger partial charge in [-0.15, -0.1) is 0 Å². The number of anilines is 1. The molecule has 2 amide bonds. The van der Waals surface area contributed by atoms with E-state index in [4.69, 9.17) is 9.47 Å². The quantitative estimate of drug-likeness (QED) is 0.644. The van der Waals surface area contributed by atoms with Crippen LogP contribution in [-0.2, 0) is 0 Å². The zero-order valence-electron chi connectivity index (χ0n) is 17.1. The van der Waals surface area contributed by atoms with Gasteiger partial charge in [-0.2, -0.15) is 0 Å². The molecule has 0 heterocycles. The number of amides is 2. The zero-order valence-corrected chi connectivity index (χ0v) is 17.1. The van der Waals surface area contributed by atoms with Crippen LogP contribution >= 0.6 is 0 Å². The minimum absolute atomic E-state index is 0.167. The Balaban J connectivity index is 1.85. The second kappa shape index (κ2) is 11.7. The molecule has 152 valence electrons. The first-order valence-electron chi connectivity index (χ1n) is 10.2. The monoisotopic (exact) mass is 377 g/mol. The minimum Gasteiger partial charge on any atom is -0.493 e. The van der Waals surface area contributed by atoms with Crippen molar-refractivity contribution in [2.45, 2.75) is 46.0 Å². The number of nitrogens with one attached hydrogen (secondary N) is 2. The summed E-state index contributed by atoms with van der Waals surface area (Å²) in [6.45, 7) is 8.46. The van der Waals surface area contributed by atoms with Crippen LogP contribution in [0.3, 0.4) is 0 Å². The minimum atomic E-state index is -0.167. The molecular weight excluding hydrogens is 342 g/mol.